The molecular formula is C19H12Cl4O5S. The fraction of sp³-hybridized carbons (Fsp3) is 0.0526. The van der Waals surface area contributed by atoms with E-state index in [9.17, 15) is 23.2 Å². The molecule has 0 aliphatic carbocycles. The van der Waals surface area contributed by atoms with Gasteiger partial charge in [0.05, 0.1) is 15.1 Å². The van der Waals surface area contributed by atoms with Gasteiger partial charge in [-0.2, -0.15) is 8.42 Å². The van der Waals surface area contributed by atoms with Gasteiger partial charge in [0.25, 0.3) is 10.1 Å². The van der Waals surface area contributed by atoms with E-state index in [1.807, 2.05) is 0 Å². The summed E-state index contributed by atoms with van der Waals surface area (Å²) in [7, 11) is -5.14. The molecule has 0 aliphatic rings. The van der Waals surface area contributed by atoms with Crippen LogP contribution in [0.25, 0.3) is 0 Å². The van der Waals surface area contributed by atoms with Crippen LogP contribution in [0.3, 0.4) is 0 Å². The van der Waals surface area contributed by atoms with Gasteiger partial charge in [-0.3, -0.25) is 4.55 Å². The van der Waals surface area contributed by atoms with Gasteiger partial charge < -0.3 is 10.2 Å². The molecule has 152 valence electrons. The van der Waals surface area contributed by atoms with Gasteiger partial charge in [0.1, 0.15) is 11.5 Å². The number of benzene rings is 3. The van der Waals surface area contributed by atoms with Gasteiger partial charge in [-0.05, 0) is 23.8 Å². The first-order valence-electron chi connectivity index (χ1n) is 7.90. The van der Waals surface area contributed by atoms with Crippen LogP contribution < -0.4 is 0 Å². The second-order valence-corrected chi connectivity index (χ2v) is 9.22. The summed E-state index contributed by atoms with van der Waals surface area (Å²) in [4.78, 5) is 0. The number of phenols is 2. The molecular weight excluding hydrogens is 482 g/mol. The van der Waals surface area contributed by atoms with Gasteiger partial charge in [0.15, 0.2) is 4.75 Å². The van der Waals surface area contributed by atoms with E-state index >= 15 is 0 Å². The SMILES string of the molecule is O=S(=O)(O)C(c1ccc(Cl)cc1)(c1ccccc1O)c1c(O)cc(Cl)c(Cl)c1Cl. The van der Waals surface area contributed by atoms with E-state index < -0.39 is 37.0 Å². The minimum Gasteiger partial charge on any atom is -0.508 e. The minimum absolute atomic E-state index is 0.0542. The molecule has 3 aromatic carbocycles. The predicted octanol–water partition coefficient (Wildman–Crippen LogP) is 5.89. The predicted molar refractivity (Wildman–Crippen MR) is 114 cm³/mol. The first kappa shape index (κ1) is 22.0. The number of hydrogen-bond acceptors (Lipinski definition) is 4. The molecule has 0 spiro atoms. The molecule has 1 unspecified atom stereocenters. The molecule has 3 aromatic rings. The summed E-state index contributed by atoms with van der Waals surface area (Å²) >= 11 is 24.3. The minimum atomic E-state index is -5.14. The largest absolute Gasteiger partial charge is 0.508 e. The van der Waals surface area contributed by atoms with Crippen LogP contribution in [0.5, 0.6) is 11.5 Å². The van der Waals surface area contributed by atoms with Crippen molar-refractivity contribution in [1.29, 1.82) is 0 Å². The lowest BCUT2D eigenvalue weighted by Gasteiger charge is -2.34. The molecule has 0 bridgehead atoms. The third-order valence-electron chi connectivity index (χ3n) is 4.41. The molecule has 0 fully saturated rings. The fourth-order valence-electron chi connectivity index (χ4n) is 3.22. The highest BCUT2D eigenvalue weighted by Crippen LogP contribution is 2.54. The third kappa shape index (κ3) is 3.54. The van der Waals surface area contributed by atoms with Gasteiger partial charge in [-0.1, -0.05) is 76.7 Å². The lowest BCUT2D eigenvalue weighted by Crippen LogP contribution is -2.38. The Hall–Kier alpha value is -1.67. The molecule has 3 rings (SSSR count). The van der Waals surface area contributed by atoms with Crippen LogP contribution in [0.4, 0.5) is 0 Å². The number of rotatable bonds is 4. The summed E-state index contributed by atoms with van der Waals surface area (Å²) in [5, 5.41) is 20.7. The zero-order chi connectivity index (χ0) is 21.6. The Morgan fingerprint density at radius 2 is 1.38 bits per heavy atom. The lowest BCUT2D eigenvalue weighted by atomic mass is 9.83. The lowest BCUT2D eigenvalue weighted by molar-refractivity contribution is 0.428. The molecule has 0 aromatic heterocycles. The number of halogens is 4. The Labute approximate surface area is 186 Å². The average molecular weight is 494 g/mol. The van der Waals surface area contributed by atoms with Crippen molar-refractivity contribution in [3.63, 3.8) is 0 Å². The Morgan fingerprint density at radius 1 is 0.793 bits per heavy atom. The van der Waals surface area contributed by atoms with Crippen molar-refractivity contribution in [2.45, 2.75) is 4.75 Å². The van der Waals surface area contributed by atoms with Crippen molar-refractivity contribution >= 4 is 56.5 Å². The second-order valence-electron chi connectivity index (χ2n) is 6.06. The number of phenolic OH excluding ortho intramolecular Hbond substituents is 2. The number of aromatic hydroxyl groups is 2. The van der Waals surface area contributed by atoms with Crippen LogP contribution in [0.2, 0.25) is 20.1 Å². The first-order valence-corrected chi connectivity index (χ1v) is 10.9. The molecule has 10 heteroatoms. The van der Waals surface area contributed by atoms with Crippen molar-refractivity contribution in [1.82, 2.24) is 0 Å². The maximum atomic E-state index is 13.0. The molecule has 1 atom stereocenters. The highest BCUT2D eigenvalue weighted by atomic mass is 35.5. The fourth-order valence-corrected chi connectivity index (χ4v) is 5.49. The zero-order valence-electron chi connectivity index (χ0n) is 14.3. The summed E-state index contributed by atoms with van der Waals surface area (Å²) in [5.74, 6) is -1.12. The van der Waals surface area contributed by atoms with Gasteiger partial charge in [-0.25, -0.2) is 0 Å². The molecule has 0 saturated heterocycles. The van der Waals surface area contributed by atoms with Gasteiger partial charge >= 0.3 is 0 Å². The van der Waals surface area contributed by atoms with Crippen LogP contribution in [0, 0.1) is 0 Å². The highest BCUT2D eigenvalue weighted by Gasteiger charge is 2.53. The zero-order valence-corrected chi connectivity index (χ0v) is 18.1. The Morgan fingerprint density at radius 3 is 1.93 bits per heavy atom. The maximum absolute atomic E-state index is 13.0. The smallest absolute Gasteiger partial charge is 0.283 e. The Bertz CT molecular complexity index is 1200. The summed E-state index contributed by atoms with van der Waals surface area (Å²) in [6.45, 7) is 0. The molecule has 29 heavy (non-hydrogen) atoms. The van der Waals surface area contributed by atoms with E-state index in [1.165, 1.54) is 48.5 Å². The summed E-state index contributed by atoms with van der Waals surface area (Å²) in [6.07, 6.45) is 0. The van der Waals surface area contributed by atoms with E-state index in [0.29, 0.717) is 5.02 Å². The Kier molecular flexibility index (Phi) is 5.98. The quantitative estimate of drug-likeness (QED) is 0.239. The second kappa shape index (κ2) is 7.87. The van der Waals surface area contributed by atoms with Crippen LogP contribution in [0.15, 0.2) is 54.6 Å². The van der Waals surface area contributed by atoms with Crippen molar-refractivity contribution in [3.05, 3.63) is 91.4 Å². The van der Waals surface area contributed by atoms with E-state index in [2.05, 4.69) is 0 Å². The van der Waals surface area contributed by atoms with E-state index in [0.717, 1.165) is 6.07 Å². The highest BCUT2D eigenvalue weighted by molar-refractivity contribution is 7.87. The molecule has 0 saturated carbocycles. The molecule has 0 radical (unpaired) electrons. The molecule has 0 aliphatic heterocycles. The molecule has 0 heterocycles. The summed E-state index contributed by atoms with van der Waals surface area (Å²) in [6, 6.07) is 11.8. The number of hydrogen-bond donors (Lipinski definition) is 3. The van der Waals surface area contributed by atoms with E-state index in [1.54, 1.807) is 0 Å². The standard InChI is InChI=1S/C19H12Cl4O5S/c20-11-7-5-10(6-8-11)19(29(26,27)28,12-3-1-2-4-14(12)24)16-15(25)9-13(21)17(22)18(16)23/h1-9,24-25H,(H,26,27,28). The van der Waals surface area contributed by atoms with E-state index in [-0.39, 0.29) is 21.2 Å². The number of para-hydroxylation sites is 1. The average Bonchev–Trinajstić information content (AvgIpc) is 2.64. The topological polar surface area (TPSA) is 94.8 Å². The monoisotopic (exact) mass is 492 g/mol. The first-order chi connectivity index (χ1) is 13.5. The summed E-state index contributed by atoms with van der Waals surface area (Å²) < 4.78 is 33.8. The third-order valence-corrected chi connectivity index (χ3v) is 7.36. The van der Waals surface area contributed by atoms with Crippen LogP contribution in [0.1, 0.15) is 16.7 Å². The maximum Gasteiger partial charge on any atom is 0.283 e. The van der Waals surface area contributed by atoms with Crippen LogP contribution in [-0.2, 0) is 14.9 Å². The van der Waals surface area contributed by atoms with Crippen molar-refractivity contribution in [3.8, 4) is 11.5 Å². The van der Waals surface area contributed by atoms with Crippen molar-refractivity contribution < 1.29 is 23.2 Å². The Balaban J connectivity index is 2.64. The normalized spacial score (nSPS) is 13.8. The van der Waals surface area contributed by atoms with Gasteiger partial charge in [-0.15, -0.1) is 0 Å². The molecule has 0 amide bonds. The molecule has 3 N–H and O–H groups in total. The van der Waals surface area contributed by atoms with Gasteiger partial charge in [0.2, 0.25) is 0 Å². The van der Waals surface area contributed by atoms with Crippen LogP contribution in [-0.4, -0.2) is 23.2 Å². The van der Waals surface area contributed by atoms with Crippen LogP contribution >= 0.6 is 46.4 Å². The molecule has 5 nitrogen and oxygen atoms in total. The van der Waals surface area contributed by atoms with E-state index in [4.69, 9.17) is 46.4 Å². The van der Waals surface area contributed by atoms with Crippen molar-refractivity contribution in [2.24, 2.45) is 0 Å². The van der Waals surface area contributed by atoms with Gasteiger partial charge in [0, 0.05) is 22.2 Å². The van der Waals surface area contributed by atoms with Crippen molar-refractivity contribution in [2.75, 3.05) is 0 Å². The summed E-state index contributed by atoms with van der Waals surface area (Å²) in [5.41, 5.74) is -0.790.